The number of hydrogen-bond acceptors (Lipinski definition) is 5. The molecule has 1 heterocycles. The molecular formula is C19H26BrF3N2O4. The van der Waals surface area contributed by atoms with Crippen LogP contribution in [0.3, 0.4) is 0 Å². The number of alkyl halides is 3. The van der Waals surface area contributed by atoms with Crippen LogP contribution in [0.25, 0.3) is 0 Å². The highest BCUT2D eigenvalue weighted by molar-refractivity contribution is 9.10. The van der Waals surface area contributed by atoms with Gasteiger partial charge in [0, 0.05) is 32.7 Å². The first-order chi connectivity index (χ1) is 13.4. The number of halogens is 4. The van der Waals surface area contributed by atoms with Crippen molar-refractivity contribution in [1.82, 2.24) is 9.80 Å². The fourth-order valence-electron chi connectivity index (χ4n) is 2.75. The molecule has 2 rings (SSSR count). The summed E-state index contributed by atoms with van der Waals surface area (Å²) in [5, 5.41) is 0. The smallest absolute Gasteiger partial charge is 0.492 e. The van der Waals surface area contributed by atoms with Crippen LogP contribution in [0.4, 0.5) is 18.0 Å². The second kappa shape index (κ2) is 9.88. The minimum Gasteiger partial charge on any atom is -0.492 e. The summed E-state index contributed by atoms with van der Waals surface area (Å²) in [7, 11) is 0. The van der Waals surface area contributed by atoms with E-state index in [4.69, 9.17) is 9.47 Å². The van der Waals surface area contributed by atoms with Crippen molar-refractivity contribution in [2.75, 3.05) is 39.3 Å². The van der Waals surface area contributed by atoms with Gasteiger partial charge in [0.1, 0.15) is 17.1 Å². The minimum atomic E-state index is -4.73. The number of amides is 1. The molecule has 0 spiro atoms. The summed E-state index contributed by atoms with van der Waals surface area (Å²) in [5.41, 5.74) is -0.503. The molecule has 1 fully saturated rings. The van der Waals surface area contributed by atoms with Gasteiger partial charge in [-0.1, -0.05) is 0 Å². The third-order valence-electron chi connectivity index (χ3n) is 4.04. The molecule has 10 heteroatoms. The highest BCUT2D eigenvalue weighted by Crippen LogP contribution is 2.32. The van der Waals surface area contributed by atoms with Crippen LogP contribution in [0.1, 0.15) is 27.2 Å². The monoisotopic (exact) mass is 482 g/mol. The molecule has 0 bridgehead atoms. The number of carbonyl (C=O) groups excluding carboxylic acids is 1. The fraction of sp³-hybridized carbons (Fsp3) is 0.632. The van der Waals surface area contributed by atoms with Gasteiger partial charge in [-0.25, -0.2) is 4.79 Å². The van der Waals surface area contributed by atoms with Crippen LogP contribution in [-0.4, -0.2) is 67.2 Å². The number of nitrogens with zero attached hydrogens (tertiary/aromatic N) is 2. The summed E-state index contributed by atoms with van der Waals surface area (Å²) in [5.74, 6) is 0.147. The number of piperazine rings is 1. The van der Waals surface area contributed by atoms with Crippen LogP contribution in [0, 0.1) is 0 Å². The normalized spacial score (nSPS) is 15.9. The summed E-state index contributed by atoms with van der Waals surface area (Å²) in [6, 6.07) is 3.87. The Kier molecular flexibility index (Phi) is 8.04. The van der Waals surface area contributed by atoms with Gasteiger partial charge in [-0.05, 0) is 61.3 Å². The van der Waals surface area contributed by atoms with Gasteiger partial charge in [-0.2, -0.15) is 0 Å². The zero-order chi connectivity index (χ0) is 21.7. The van der Waals surface area contributed by atoms with Crippen molar-refractivity contribution in [3.05, 3.63) is 22.7 Å². The van der Waals surface area contributed by atoms with Crippen molar-refractivity contribution in [1.29, 1.82) is 0 Å². The van der Waals surface area contributed by atoms with Crippen LogP contribution < -0.4 is 9.47 Å². The average molecular weight is 483 g/mol. The van der Waals surface area contributed by atoms with Gasteiger partial charge < -0.3 is 19.1 Å². The molecule has 0 unspecified atom stereocenters. The predicted octanol–water partition coefficient (Wildman–Crippen LogP) is 4.67. The first-order valence-electron chi connectivity index (χ1n) is 9.31. The van der Waals surface area contributed by atoms with Crippen LogP contribution in [0.5, 0.6) is 11.5 Å². The Labute approximate surface area is 177 Å². The first kappa shape index (κ1) is 23.6. The standard InChI is InChI=1S/C19H26BrF3N2O4/c1-18(2,3)29-17(26)25-10-8-24(9-11-25)7-4-12-27-16-6-5-14(13-15(16)20)28-19(21,22)23/h5-6,13H,4,7-12H2,1-3H3. The Balaban J connectivity index is 1.68. The molecule has 0 atom stereocenters. The number of benzene rings is 1. The number of hydrogen-bond donors (Lipinski definition) is 0. The van der Waals surface area contributed by atoms with E-state index in [1.807, 2.05) is 20.8 Å². The lowest BCUT2D eigenvalue weighted by Gasteiger charge is -2.35. The van der Waals surface area contributed by atoms with E-state index in [0.29, 0.717) is 29.9 Å². The molecule has 0 N–H and O–H groups in total. The molecule has 0 aromatic heterocycles. The highest BCUT2D eigenvalue weighted by Gasteiger charge is 2.31. The van der Waals surface area contributed by atoms with Gasteiger partial charge in [0.05, 0.1) is 11.1 Å². The lowest BCUT2D eigenvalue weighted by molar-refractivity contribution is -0.274. The van der Waals surface area contributed by atoms with E-state index in [9.17, 15) is 18.0 Å². The van der Waals surface area contributed by atoms with Crippen molar-refractivity contribution in [2.45, 2.75) is 39.2 Å². The van der Waals surface area contributed by atoms with Gasteiger partial charge in [0.15, 0.2) is 0 Å². The van der Waals surface area contributed by atoms with Crippen LogP contribution in [-0.2, 0) is 4.74 Å². The second-order valence-corrected chi connectivity index (χ2v) is 8.51. The summed E-state index contributed by atoms with van der Waals surface area (Å²) < 4.78 is 52.0. The van der Waals surface area contributed by atoms with Gasteiger partial charge in [0.2, 0.25) is 0 Å². The Morgan fingerprint density at radius 3 is 2.34 bits per heavy atom. The van der Waals surface area contributed by atoms with Crippen LogP contribution in [0.2, 0.25) is 0 Å². The molecule has 1 amide bonds. The lowest BCUT2D eigenvalue weighted by Crippen LogP contribution is -2.50. The molecule has 29 heavy (non-hydrogen) atoms. The third kappa shape index (κ3) is 8.69. The molecule has 1 aromatic carbocycles. The topological polar surface area (TPSA) is 51.2 Å². The molecule has 1 aliphatic heterocycles. The Morgan fingerprint density at radius 2 is 1.79 bits per heavy atom. The molecule has 0 saturated carbocycles. The van der Waals surface area contributed by atoms with E-state index in [1.54, 1.807) is 4.90 Å². The van der Waals surface area contributed by atoms with Gasteiger partial charge in [0.25, 0.3) is 0 Å². The zero-order valence-electron chi connectivity index (χ0n) is 16.7. The lowest BCUT2D eigenvalue weighted by atomic mass is 10.2. The SMILES string of the molecule is CC(C)(C)OC(=O)N1CCN(CCCOc2ccc(OC(F)(F)F)cc2Br)CC1. The Morgan fingerprint density at radius 1 is 1.14 bits per heavy atom. The second-order valence-electron chi connectivity index (χ2n) is 7.65. The average Bonchev–Trinajstić information content (AvgIpc) is 2.58. The highest BCUT2D eigenvalue weighted by atomic mass is 79.9. The van der Waals surface area contributed by atoms with Crippen LogP contribution >= 0.6 is 15.9 Å². The summed E-state index contributed by atoms with van der Waals surface area (Å²) in [6.07, 6.45) is -4.27. The summed E-state index contributed by atoms with van der Waals surface area (Å²) >= 11 is 3.19. The largest absolute Gasteiger partial charge is 0.573 e. The first-order valence-corrected chi connectivity index (χ1v) is 10.1. The molecule has 1 aliphatic rings. The van der Waals surface area contributed by atoms with Crippen molar-refractivity contribution in [3.8, 4) is 11.5 Å². The predicted molar refractivity (Wildman–Crippen MR) is 105 cm³/mol. The van der Waals surface area contributed by atoms with Crippen molar-refractivity contribution in [2.24, 2.45) is 0 Å². The molecule has 164 valence electrons. The van der Waals surface area contributed by atoms with E-state index < -0.39 is 12.0 Å². The maximum atomic E-state index is 12.2. The van der Waals surface area contributed by atoms with E-state index in [0.717, 1.165) is 26.1 Å². The molecule has 6 nitrogen and oxygen atoms in total. The van der Waals surface area contributed by atoms with E-state index >= 15 is 0 Å². The molecular weight excluding hydrogens is 457 g/mol. The van der Waals surface area contributed by atoms with E-state index in [1.165, 1.54) is 18.2 Å². The van der Waals surface area contributed by atoms with Crippen molar-refractivity contribution < 1.29 is 32.2 Å². The molecule has 1 saturated heterocycles. The summed E-state index contributed by atoms with van der Waals surface area (Å²) in [4.78, 5) is 16.0. The van der Waals surface area contributed by atoms with E-state index in [2.05, 4.69) is 25.6 Å². The fourth-order valence-corrected chi connectivity index (χ4v) is 3.22. The maximum absolute atomic E-state index is 12.2. The Bertz CT molecular complexity index is 687. The van der Waals surface area contributed by atoms with Crippen molar-refractivity contribution >= 4 is 22.0 Å². The molecule has 0 radical (unpaired) electrons. The molecule has 0 aliphatic carbocycles. The third-order valence-corrected chi connectivity index (χ3v) is 4.66. The number of rotatable bonds is 6. The Hall–Kier alpha value is -1.68. The zero-order valence-corrected chi connectivity index (χ0v) is 18.3. The quantitative estimate of drug-likeness (QED) is 0.551. The number of ether oxygens (including phenoxy) is 3. The van der Waals surface area contributed by atoms with Crippen LogP contribution in [0.15, 0.2) is 22.7 Å². The van der Waals surface area contributed by atoms with Crippen molar-refractivity contribution in [3.63, 3.8) is 0 Å². The van der Waals surface area contributed by atoms with E-state index in [-0.39, 0.29) is 11.8 Å². The van der Waals surface area contributed by atoms with Gasteiger partial charge in [-0.3, -0.25) is 4.90 Å². The van der Waals surface area contributed by atoms with Gasteiger partial charge in [-0.15, -0.1) is 13.2 Å². The molecule has 1 aromatic rings. The minimum absolute atomic E-state index is 0.289. The van der Waals surface area contributed by atoms with Gasteiger partial charge >= 0.3 is 12.5 Å². The maximum Gasteiger partial charge on any atom is 0.573 e. The number of carbonyl (C=O) groups is 1. The summed E-state index contributed by atoms with van der Waals surface area (Å²) in [6.45, 7) is 9.49.